The highest BCUT2D eigenvalue weighted by atomic mass is 16.5. The molecule has 0 aromatic heterocycles. The van der Waals surface area contributed by atoms with Crippen molar-refractivity contribution in [2.24, 2.45) is 5.92 Å². The number of ether oxygens (including phenoxy) is 1. The Bertz CT molecular complexity index is 428. The zero-order chi connectivity index (χ0) is 13.7. The van der Waals surface area contributed by atoms with Gasteiger partial charge in [0.1, 0.15) is 0 Å². The van der Waals surface area contributed by atoms with E-state index in [9.17, 15) is 4.79 Å². The quantitative estimate of drug-likeness (QED) is 0.876. The molecular formula is C16H22O3. The maximum atomic E-state index is 10.9. The van der Waals surface area contributed by atoms with Crippen LogP contribution in [-0.4, -0.2) is 17.2 Å². The van der Waals surface area contributed by atoms with Crippen LogP contribution in [0.3, 0.4) is 0 Å². The van der Waals surface area contributed by atoms with Crippen LogP contribution < -0.4 is 0 Å². The molecule has 0 aliphatic heterocycles. The zero-order valence-corrected chi connectivity index (χ0v) is 11.5. The highest BCUT2D eigenvalue weighted by Gasteiger charge is 2.24. The normalized spacial score (nSPS) is 23.2. The number of rotatable bonds is 5. The predicted molar refractivity (Wildman–Crippen MR) is 74.2 cm³/mol. The van der Waals surface area contributed by atoms with Gasteiger partial charge in [-0.25, -0.2) is 4.79 Å². The number of hydrogen-bond acceptors (Lipinski definition) is 2. The second-order valence-electron chi connectivity index (χ2n) is 5.31. The van der Waals surface area contributed by atoms with Crippen molar-refractivity contribution in [3.63, 3.8) is 0 Å². The van der Waals surface area contributed by atoms with Crippen molar-refractivity contribution in [2.75, 3.05) is 0 Å². The van der Waals surface area contributed by atoms with Crippen LogP contribution >= 0.6 is 0 Å². The van der Waals surface area contributed by atoms with Gasteiger partial charge in [0.05, 0.1) is 18.3 Å². The van der Waals surface area contributed by atoms with E-state index in [0.717, 1.165) is 12.0 Å². The summed E-state index contributed by atoms with van der Waals surface area (Å²) in [5.41, 5.74) is 1.28. The molecule has 1 aliphatic carbocycles. The summed E-state index contributed by atoms with van der Waals surface area (Å²) < 4.78 is 6.01. The second kappa shape index (κ2) is 6.71. The first-order chi connectivity index (χ1) is 9.20. The fourth-order valence-corrected chi connectivity index (χ4v) is 2.86. The van der Waals surface area contributed by atoms with E-state index in [-0.39, 0.29) is 0 Å². The van der Waals surface area contributed by atoms with Crippen LogP contribution in [0.25, 0.3) is 0 Å². The molecule has 104 valence electrons. The van der Waals surface area contributed by atoms with Crippen molar-refractivity contribution in [2.45, 2.75) is 51.7 Å². The Morgan fingerprint density at radius 1 is 1.37 bits per heavy atom. The SMILES string of the molecule is CCC1CCCCC1OCc1cccc(C(=O)O)c1. The van der Waals surface area contributed by atoms with Crippen molar-refractivity contribution < 1.29 is 14.6 Å². The van der Waals surface area contributed by atoms with Crippen molar-refractivity contribution in [1.29, 1.82) is 0 Å². The Kier molecular flexibility index (Phi) is 4.97. The first-order valence-electron chi connectivity index (χ1n) is 7.14. The monoisotopic (exact) mass is 262 g/mol. The third-order valence-corrected chi connectivity index (χ3v) is 4.00. The molecule has 0 heterocycles. The Morgan fingerprint density at radius 2 is 2.16 bits per heavy atom. The highest BCUT2D eigenvalue weighted by Crippen LogP contribution is 2.29. The fraction of sp³-hybridized carbons (Fsp3) is 0.562. The molecule has 2 atom stereocenters. The lowest BCUT2D eigenvalue weighted by atomic mass is 9.85. The Labute approximate surface area is 114 Å². The van der Waals surface area contributed by atoms with Crippen LogP contribution in [0.1, 0.15) is 54.9 Å². The molecule has 3 nitrogen and oxygen atoms in total. The van der Waals surface area contributed by atoms with Gasteiger partial charge in [-0.3, -0.25) is 0 Å². The fourth-order valence-electron chi connectivity index (χ4n) is 2.86. The molecule has 0 saturated heterocycles. The largest absolute Gasteiger partial charge is 0.478 e. The summed E-state index contributed by atoms with van der Waals surface area (Å²) in [4.78, 5) is 10.9. The number of hydrogen-bond donors (Lipinski definition) is 1. The molecular weight excluding hydrogens is 240 g/mol. The van der Waals surface area contributed by atoms with Gasteiger partial charge in [0.2, 0.25) is 0 Å². The molecule has 0 bridgehead atoms. The van der Waals surface area contributed by atoms with Crippen LogP contribution in [0.4, 0.5) is 0 Å². The Balaban J connectivity index is 1.94. The topological polar surface area (TPSA) is 46.5 Å². The molecule has 0 radical (unpaired) electrons. The summed E-state index contributed by atoms with van der Waals surface area (Å²) in [5, 5.41) is 8.97. The van der Waals surface area contributed by atoms with Gasteiger partial charge < -0.3 is 9.84 Å². The van der Waals surface area contributed by atoms with E-state index in [2.05, 4.69) is 6.92 Å². The van der Waals surface area contributed by atoms with Crippen LogP contribution in [-0.2, 0) is 11.3 Å². The third-order valence-electron chi connectivity index (χ3n) is 4.00. The van der Waals surface area contributed by atoms with E-state index in [1.165, 1.54) is 25.7 Å². The number of carboxylic acids is 1. The van der Waals surface area contributed by atoms with E-state index in [0.29, 0.717) is 24.2 Å². The maximum absolute atomic E-state index is 10.9. The molecule has 2 unspecified atom stereocenters. The van der Waals surface area contributed by atoms with Crippen LogP contribution in [0, 0.1) is 5.92 Å². The average Bonchev–Trinajstić information content (AvgIpc) is 2.45. The van der Waals surface area contributed by atoms with E-state index >= 15 is 0 Å². The number of carboxylic acid groups (broad SMARTS) is 1. The van der Waals surface area contributed by atoms with Crippen molar-refractivity contribution in [3.05, 3.63) is 35.4 Å². The molecule has 1 aliphatic rings. The molecule has 2 rings (SSSR count). The standard InChI is InChI=1S/C16H22O3/c1-2-13-7-3-4-9-15(13)19-11-12-6-5-8-14(10-12)16(17)18/h5-6,8,10,13,15H,2-4,7,9,11H2,1H3,(H,17,18). The summed E-state index contributed by atoms with van der Waals surface area (Å²) in [7, 11) is 0. The molecule has 1 fully saturated rings. The van der Waals surface area contributed by atoms with Crippen molar-refractivity contribution in [1.82, 2.24) is 0 Å². The van der Waals surface area contributed by atoms with Crippen LogP contribution in [0.15, 0.2) is 24.3 Å². The summed E-state index contributed by atoms with van der Waals surface area (Å²) in [6.45, 7) is 2.74. The van der Waals surface area contributed by atoms with E-state index in [1.54, 1.807) is 18.2 Å². The highest BCUT2D eigenvalue weighted by molar-refractivity contribution is 5.87. The van der Waals surface area contributed by atoms with Gasteiger partial charge in [0, 0.05) is 0 Å². The van der Waals surface area contributed by atoms with Gasteiger partial charge in [-0.2, -0.15) is 0 Å². The minimum Gasteiger partial charge on any atom is -0.478 e. The van der Waals surface area contributed by atoms with Gasteiger partial charge in [0.25, 0.3) is 0 Å². The minimum atomic E-state index is -0.883. The molecule has 1 aromatic rings. The smallest absolute Gasteiger partial charge is 0.335 e. The van der Waals surface area contributed by atoms with Crippen molar-refractivity contribution >= 4 is 5.97 Å². The maximum Gasteiger partial charge on any atom is 0.335 e. The van der Waals surface area contributed by atoms with Gasteiger partial charge in [-0.05, 0) is 36.5 Å². The first kappa shape index (κ1) is 14.1. The van der Waals surface area contributed by atoms with Crippen molar-refractivity contribution in [3.8, 4) is 0 Å². The molecule has 19 heavy (non-hydrogen) atoms. The van der Waals surface area contributed by atoms with E-state index in [1.807, 2.05) is 6.07 Å². The molecule has 1 saturated carbocycles. The van der Waals surface area contributed by atoms with Gasteiger partial charge >= 0.3 is 5.97 Å². The summed E-state index contributed by atoms with van der Waals surface area (Å²) in [5.74, 6) is -0.220. The lowest BCUT2D eigenvalue weighted by Crippen LogP contribution is -2.27. The van der Waals surface area contributed by atoms with Gasteiger partial charge in [-0.15, -0.1) is 0 Å². The number of benzene rings is 1. The molecule has 1 N–H and O–H groups in total. The molecule has 0 amide bonds. The van der Waals surface area contributed by atoms with Gasteiger partial charge in [-0.1, -0.05) is 38.3 Å². The zero-order valence-electron chi connectivity index (χ0n) is 11.5. The van der Waals surface area contributed by atoms with Crippen LogP contribution in [0.5, 0.6) is 0 Å². The van der Waals surface area contributed by atoms with E-state index < -0.39 is 5.97 Å². The third kappa shape index (κ3) is 3.80. The van der Waals surface area contributed by atoms with Gasteiger partial charge in [0.15, 0.2) is 0 Å². The van der Waals surface area contributed by atoms with E-state index in [4.69, 9.17) is 9.84 Å². The lowest BCUT2D eigenvalue weighted by molar-refractivity contribution is -0.0222. The summed E-state index contributed by atoms with van der Waals surface area (Å²) in [6, 6.07) is 7.02. The predicted octanol–water partition coefficient (Wildman–Crippen LogP) is 3.87. The Hall–Kier alpha value is -1.35. The number of aromatic carboxylic acids is 1. The summed E-state index contributed by atoms with van der Waals surface area (Å²) >= 11 is 0. The lowest BCUT2D eigenvalue weighted by Gasteiger charge is -2.30. The number of carbonyl (C=O) groups is 1. The summed E-state index contributed by atoms with van der Waals surface area (Å²) in [6.07, 6.45) is 6.46. The first-order valence-corrected chi connectivity index (χ1v) is 7.14. The Morgan fingerprint density at radius 3 is 2.89 bits per heavy atom. The molecule has 3 heteroatoms. The molecule has 1 aromatic carbocycles. The average molecular weight is 262 g/mol. The molecule has 0 spiro atoms. The van der Waals surface area contributed by atoms with Crippen LogP contribution in [0.2, 0.25) is 0 Å². The minimum absolute atomic E-state index is 0.330. The second-order valence-corrected chi connectivity index (χ2v) is 5.31.